The number of amides is 1. The molecule has 0 aromatic carbocycles. The van der Waals surface area contributed by atoms with Crippen molar-refractivity contribution >= 4 is 21.8 Å². The number of hydrogen-bond acceptors (Lipinski definition) is 2. The Morgan fingerprint density at radius 3 is 2.86 bits per heavy atom. The van der Waals surface area contributed by atoms with Crippen LogP contribution in [0.1, 0.15) is 19.3 Å². The number of ether oxygens (including phenoxy) is 1. The van der Waals surface area contributed by atoms with Crippen LogP contribution in [0.4, 0.5) is 0 Å². The fraction of sp³-hybridized carbons (Fsp3) is 0.900. The second kappa shape index (κ2) is 4.62. The Labute approximate surface area is 92.9 Å². The molecule has 0 aromatic heterocycles. The third kappa shape index (κ3) is 2.28. The summed E-state index contributed by atoms with van der Waals surface area (Å²) < 4.78 is 5.38. The van der Waals surface area contributed by atoms with Crippen molar-refractivity contribution in [2.45, 2.75) is 24.1 Å². The van der Waals surface area contributed by atoms with Crippen LogP contribution >= 0.6 is 15.9 Å². The van der Waals surface area contributed by atoms with Gasteiger partial charge < -0.3 is 9.64 Å². The van der Waals surface area contributed by atoms with Crippen molar-refractivity contribution in [1.29, 1.82) is 0 Å². The minimum Gasteiger partial charge on any atom is -0.378 e. The molecule has 0 N–H and O–H groups in total. The van der Waals surface area contributed by atoms with Gasteiger partial charge in [-0.25, -0.2) is 0 Å². The average Bonchev–Trinajstić information content (AvgIpc) is 2.26. The Bertz CT molecular complexity index is 218. The third-order valence-corrected chi connectivity index (χ3v) is 3.54. The van der Waals surface area contributed by atoms with Crippen LogP contribution < -0.4 is 0 Å². The maximum atomic E-state index is 11.9. The van der Waals surface area contributed by atoms with Crippen LogP contribution in [0.5, 0.6) is 0 Å². The minimum absolute atomic E-state index is 0.300. The van der Waals surface area contributed by atoms with Gasteiger partial charge in [-0.05, 0) is 12.8 Å². The lowest BCUT2D eigenvalue weighted by Gasteiger charge is -2.31. The smallest absolute Gasteiger partial charge is 0.225 e. The predicted octanol–water partition coefficient (Wildman–Crippen LogP) is 1.41. The Hall–Kier alpha value is -0.0900. The van der Waals surface area contributed by atoms with E-state index in [1.54, 1.807) is 0 Å². The van der Waals surface area contributed by atoms with Gasteiger partial charge in [-0.15, -0.1) is 0 Å². The molecule has 1 atom stereocenters. The molecule has 0 spiro atoms. The number of rotatable bonds is 1. The summed E-state index contributed by atoms with van der Waals surface area (Å²) in [5, 5.41) is 0. The fourth-order valence-corrected chi connectivity index (χ4v) is 2.42. The van der Waals surface area contributed by atoms with Crippen LogP contribution in [0, 0.1) is 5.92 Å². The SMILES string of the molecule is O=C(C1CCC1)N1CCOCC(Br)C1. The van der Waals surface area contributed by atoms with Gasteiger partial charge in [0, 0.05) is 19.0 Å². The normalized spacial score (nSPS) is 29.5. The zero-order valence-corrected chi connectivity index (χ0v) is 9.83. The predicted molar refractivity (Wildman–Crippen MR) is 57.5 cm³/mol. The van der Waals surface area contributed by atoms with E-state index in [9.17, 15) is 4.79 Å². The number of hydrogen-bond donors (Lipinski definition) is 0. The summed E-state index contributed by atoms with van der Waals surface area (Å²) in [6, 6.07) is 0. The lowest BCUT2D eigenvalue weighted by Crippen LogP contribution is -2.42. The van der Waals surface area contributed by atoms with Crippen LogP contribution in [0.3, 0.4) is 0 Å². The Morgan fingerprint density at radius 2 is 2.21 bits per heavy atom. The van der Waals surface area contributed by atoms with Gasteiger partial charge in [-0.2, -0.15) is 0 Å². The molecular formula is C10H16BrNO2. The van der Waals surface area contributed by atoms with E-state index in [0.29, 0.717) is 29.9 Å². The van der Waals surface area contributed by atoms with Crippen LogP contribution in [-0.4, -0.2) is 41.9 Å². The highest BCUT2D eigenvalue weighted by Gasteiger charge is 2.30. The van der Waals surface area contributed by atoms with Crippen molar-refractivity contribution in [3.63, 3.8) is 0 Å². The van der Waals surface area contributed by atoms with Gasteiger partial charge in [0.05, 0.1) is 18.0 Å². The first-order valence-electron chi connectivity index (χ1n) is 5.28. The number of nitrogens with zero attached hydrogens (tertiary/aromatic N) is 1. The number of carbonyl (C=O) groups excluding carboxylic acids is 1. The first-order valence-corrected chi connectivity index (χ1v) is 6.19. The van der Waals surface area contributed by atoms with Gasteiger partial charge in [0.1, 0.15) is 0 Å². The van der Waals surface area contributed by atoms with Crippen molar-refractivity contribution in [2.24, 2.45) is 5.92 Å². The van der Waals surface area contributed by atoms with E-state index in [2.05, 4.69) is 15.9 Å². The van der Waals surface area contributed by atoms with Crippen LogP contribution in [0.15, 0.2) is 0 Å². The number of alkyl halides is 1. The lowest BCUT2D eigenvalue weighted by atomic mass is 9.84. The largest absolute Gasteiger partial charge is 0.378 e. The second-order valence-corrected chi connectivity index (χ2v) is 5.38. The van der Waals surface area contributed by atoms with Gasteiger partial charge >= 0.3 is 0 Å². The Balaban J connectivity index is 1.90. The molecule has 4 heteroatoms. The van der Waals surface area contributed by atoms with Crippen LogP contribution in [-0.2, 0) is 9.53 Å². The second-order valence-electron chi connectivity index (χ2n) is 4.08. The molecule has 2 rings (SSSR count). The average molecular weight is 262 g/mol. The van der Waals surface area contributed by atoms with Crippen molar-refractivity contribution < 1.29 is 9.53 Å². The molecule has 1 heterocycles. The van der Waals surface area contributed by atoms with Gasteiger partial charge in [-0.3, -0.25) is 4.79 Å². The zero-order valence-electron chi connectivity index (χ0n) is 8.25. The Morgan fingerprint density at radius 1 is 1.43 bits per heavy atom. The molecule has 1 amide bonds. The topological polar surface area (TPSA) is 29.5 Å². The molecule has 80 valence electrons. The molecule has 1 saturated heterocycles. The summed E-state index contributed by atoms with van der Waals surface area (Å²) in [5.41, 5.74) is 0. The molecule has 1 aliphatic carbocycles. The van der Waals surface area contributed by atoms with Crippen molar-refractivity contribution in [3.8, 4) is 0 Å². The molecule has 0 aromatic rings. The van der Waals surface area contributed by atoms with Crippen molar-refractivity contribution in [1.82, 2.24) is 4.90 Å². The van der Waals surface area contributed by atoms with Gasteiger partial charge in [0.25, 0.3) is 0 Å². The highest BCUT2D eigenvalue weighted by atomic mass is 79.9. The minimum atomic E-state index is 0.300. The highest BCUT2D eigenvalue weighted by molar-refractivity contribution is 9.09. The summed E-state index contributed by atoms with van der Waals surface area (Å²) in [6.07, 6.45) is 3.39. The van der Waals surface area contributed by atoms with Crippen LogP contribution in [0.2, 0.25) is 0 Å². The van der Waals surface area contributed by atoms with E-state index in [1.807, 2.05) is 4.90 Å². The van der Waals surface area contributed by atoms with Gasteiger partial charge in [0.15, 0.2) is 0 Å². The maximum Gasteiger partial charge on any atom is 0.225 e. The summed E-state index contributed by atoms with van der Waals surface area (Å²) in [5.74, 6) is 0.652. The van der Waals surface area contributed by atoms with Crippen LogP contribution in [0.25, 0.3) is 0 Å². The van der Waals surface area contributed by atoms with E-state index in [-0.39, 0.29) is 0 Å². The van der Waals surface area contributed by atoms with E-state index in [4.69, 9.17) is 4.74 Å². The molecule has 1 saturated carbocycles. The fourth-order valence-electron chi connectivity index (χ4n) is 1.88. The molecular weight excluding hydrogens is 246 g/mol. The lowest BCUT2D eigenvalue weighted by molar-refractivity contribution is -0.138. The van der Waals surface area contributed by atoms with Gasteiger partial charge in [-0.1, -0.05) is 22.4 Å². The molecule has 1 unspecified atom stereocenters. The summed E-state index contributed by atoms with van der Waals surface area (Å²) in [4.78, 5) is 14.2. The summed E-state index contributed by atoms with van der Waals surface area (Å²) >= 11 is 3.52. The summed E-state index contributed by atoms with van der Waals surface area (Å²) in [6.45, 7) is 2.96. The molecule has 0 bridgehead atoms. The molecule has 1 aliphatic heterocycles. The number of halogens is 1. The third-order valence-electron chi connectivity index (χ3n) is 2.99. The molecule has 14 heavy (non-hydrogen) atoms. The van der Waals surface area contributed by atoms with Crippen molar-refractivity contribution in [3.05, 3.63) is 0 Å². The standard InChI is InChI=1S/C10H16BrNO2/c11-9-6-12(4-5-14-7-9)10(13)8-2-1-3-8/h8-9H,1-7H2. The van der Waals surface area contributed by atoms with E-state index < -0.39 is 0 Å². The first kappa shape index (κ1) is 10.4. The molecule has 2 fully saturated rings. The quantitative estimate of drug-likeness (QED) is 0.669. The Kier molecular flexibility index (Phi) is 3.44. The number of carbonyl (C=O) groups is 1. The maximum absolute atomic E-state index is 11.9. The molecule has 2 aliphatic rings. The first-order chi connectivity index (χ1) is 6.77. The van der Waals surface area contributed by atoms with E-state index >= 15 is 0 Å². The van der Waals surface area contributed by atoms with Gasteiger partial charge in [0.2, 0.25) is 5.91 Å². The molecule has 0 radical (unpaired) electrons. The highest BCUT2D eigenvalue weighted by Crippen LogP contribution is 2.28. The van der Waals surface area contributed by atoms with E-state index in [0.717, 1.165) is 25.9 Å². The molecule has 3 nitrogen and oxygen atoms in total. The monoisotopic (exact) mass is 261 g/mol. The van der Waals surface area contributed by atoms with Crippen molar-refractivity contribution in [2.75, 3.05) is 26.3 Å². The zero-order chi connectivity index (χ0) is 9.97. The van der Waals surface area contributed by atoms with E-state index in [1.165, 1.54) is 6.42 Å². The summed E-state index contributed by atoms with van der Waals surface area (Å²) in [7, 11) is 0.